The van der Waals surface area contributed by atoms with Gasteiger partial charge in [-0.2, -0.15) is 0 Å². The van der Waals surface area contributed by atoms with E-state index >= 15 is 0 Å². The van der Waals surface area contributed by atoms with Crippen LogP contribution in [-0.2, 0) is 11.3 Å². The molecule has 1 saturated heterocycles. The summed E-state index contributed by atoms with van der Waals surface area (Å²) in [4.78, 5) is 28.9. The van der Waals surface area contributed by atoms with Crippen molar-refractivity contribution in [1.82, 2.24) is 9.47 Å². The molecule has 0 radical (unpaired) electrons. The van der Waals surface area contributed by atoms with Gasteiger partial charge in [-0.25, -0.2) is 0 Å². The van der Waals surface area contributed by atoms with Crippen LogP contribution in [0.1, 0.15) is 13.3 Å². The summed E-state index contributed by atoms with van der Waals surface area (Å²) >= 11 is 6.16. The van der Waals surface area contributed by atoms with E-state index in [0.717, 1.165) is 44.1 Å². The molecule has 1 fully saturated rings. The van der Waals surface area contributed by atoms with Crippen molar-refractivity contribution in [3.63, 3.8) is 0 Å². The molecule has 1 amide bonds. The van der Waals surface area contributed by atoms with Gasteiger partial charge in [-0.1, -0.05) is 24.6 Å². The van der Waals surface area contributed by atoms with Crippen molar-refractivity contribution >= 4 is 28.9 Å². The van der Waals surface area contributed by atoms with E-state index in [-0.39, 0.29) is 17.9 Å². The van der Waals surface area contributed by atoms with Crippen LogP contribution in [0.5, 0.6) is 0 Å². The van der Waals surface area contributed by atoms with Crippen LogP contribution in [0.4, 0.5) is 11.4 Å². The van der Waals surface area contributed by atoms with Crippen molar-refractivity contribution < 1.29 is 4.79 Å². The minimum atomic E-state index is -0.138. The Morgan fingerprint density at radius 2 is 1.93 bits per heavy atom. The van der Waals surface area contributed by atoms with Gasteiger partial charge in [-0.3, -0.25) is 9.59 Å². The standard InChI is InChI=1S/C20H25ClN4O2/c1-2-23-11-13-24(14-12-23)18-7-6-16(21)15-17(18)22-19(26)8-10-25-9-4-3-5-20(25)27/h3-7,9,15H,2,8,10-14H2,1H3,(H,22,26). The van der Waals surface area contributed by atoms with Gasteiger partial charge in [0.05, 0.1) is 11.4 Å². The summed E-state index contributed by atoms with van der Waals surface area (Å²) in [6, 6.07) is 10.6. The minimum Gasteiger partial charge on any atom is -0.367 e. The van der Waals surface area contributed by atoms with Crippen LogP contribution >= 0.6 is 11.6 Å². The second-order valence-electron chi connectivity index (χ2n) is 6.61. The van der Waals surface area contributed by atoms with Crippen LogP contribution in [0.25, 0.3) is 0 Å². The molecule has 0 unspecified atom stereocenters. The number of hydrogen-bond acceptors (Lipinski definition) is 4. The van der Waals surface area contributed by atoms with E-state index < -0.39 is 0 Å². The number of aryl methyl sites for hydroxylation is 1. The molecule has 1 N–H and O–H groups in total. The van der Waals surface area contributed by atoms with Gasteiger partial charge in [-0.15, -0.1) is 0 Å². The Hall–Kier alpha value is -2.31. The van der Waals surface area contributed by atoms with Gasteiger partial charge in [0.15, 0.2) is 0 Å². The third-order valence-electron chi connectivity index (χ3n) is 4.87. The summed E-state index contributed by atoms with van der Waals surface area (Å²) in [5.41, 5.74) is 1.60. The predicted molar refractivity (Wildman–Crippen MR) is 110 cm³/mol. The molecule has 0 atom stereocenters. The van der Waals surface area contributed by atoms with Gasteiger partial charge in [-0.05, 0) is 30.8 Å². The van der Waals surface area contributed by atoms with E-state index in [1.807, 2.05) is 12.1 Å². The Balaban J connectivity index is 1.67. The quantitative estimate of drug-likeness (QED) is 0.826. The number of benzene rings is 1. The number of carbonyl (C=O) groups is 1. The molecular weight excluding hydrogens is 364 g/mol. The molecule has 2 heterocycles. The summed E-state index contributed by atoms with van der Waals surface area (Å²) in [5, 5.41) is 3.55. The summed E-state index contributed by atoms with van der Waals surface area (Å²) in [6.45, 7) is 7.40. The highest BCUT2D eigenvalue weighted by atomic mass is 35.5. The molecule has 1 aromatic carbocycles. The lowest BCUT2D eigenvalue weighted by Gasteiger charge is -2.36. The molecule has 0 aliphatic carbocycles. The maximum atomic E-state index is 12.4. The monoisotopic (exact) mass is 388 g/mol. The molecule has 2 aromatic rings. The maximum absolute atomic E-state index is 12.4. The van der Waals surface area contributed by atoms with E-state index in [2.05, 4.69) is 22.0 Å². The van der Waals surface area contributed by atoms with Gasteiger partial charge in [0.25, 0.3) is 5.56 Å². The number of pyridine rings is 1. The van der Waals surface area contributed by atoms with Crippen molar-refractivity contribution in [2.75, 3.05) is 42.9 Å². The first kappa shape index (κ1) is 19.5. The molecule has 1 aliphatic heterocycles. The minimum absolute atomic E-state index is 0.109. The average Bonchev–Trinajstić information content (AvgIpc) is 2.68. The molecule has 27 heavy (non-hydrogen) atoms. The molecule has 3 rings (SSSR count). The lowest BCUT2D eigenvalue weighted by molar-refractivity contribution is -0.116. The third-order valence-corrected chi connectivity index (χ3v) is 5.11. The second kappa shape index (κ2) is 9.06. The molecule has 1 aromatic heterocycles. The number of likely N-dealkylation sites (N-methyl/N-ethyl adjacent to an activating group) is 1. The molecule has 7 heteroatoms. The molecule has 6 nitrogen and oxygen atoms in total. The number of nitrogens with zero attached hydrogens (tertiary/aromatic N) is 3. The van der Waals surface area contributed by atoms with Gasteiger partial charge >= 0.3 is 0 Å². The number of amides is 1. The first-order chi connectivity index (χ1) is 13.1. The number of anilines is 2. The zero-order chi connectivity index (χ0) is 19.2. The van der Waals surface area contributed by atoms with Crippen LogP contribution in [0.2, 0.25) is 5.02 Å². The average molecular weight is 389 g/mol. The number of halogens is 1. The van der Waals surface area contributed by atoms with Crippen LogP contribution in [-0.4, -0.2) is 48.1 Å². The fourth-order valence-electron chi connectivity index (χ4n) is 3.27. The summed E-state index contributed by atoms with van der Waals surface area (Å²) in [5.74, 6) is -0.138. The lowest BCUT2D eigenvalue weighted by Crippen LogP contribution is -2.46. The largest absolute Gasteiger partial charge is 0.367 e. The van der Waals surface area contributed by atoms with Gasteiger partial charge in [0.2, 0.25) is 5.91 Å². The number of aromatic nitrogens is 1. The van der Waals surface area contributed by atoms with Crippen molar-refractivity contribution in [3.05, 3.63) is 58.0 Å². The fourth-order valence-corrected chi connectivity index (χ4v) is 3.44. The lowest BCUT2D eigenvalue weighted by atomic mass is 10.2. The highest BCUT2D eigenvalue weighted by Crippen LogP contribution is 2.30. The molecule has 0 spiro atoms. The van der Waals surface area contributed by atoms with Crippen LogP contribution in [0.15, 0.2) is 47.4 Å². The molecule has 0 bridgehead atoms. The highest BCUT2D eigenvalue weighted by Gasteiger charge is 2.19. The number of rotatable bonds is 6. The van der Waals surface area contributed by atoms with Crippen molar-refractivity contribution in [1.29, 1.82) is 0 Å². The molecular formula is C20H25ClN4O2. The molecule has 144 valence electrons. The second-order valence-corrected chi connectivity index (χ2v) is 7.05. The predicted octanol–water partition coefficient (Wildman–Crippen LogP) is 2.67. The smallest absolute Gasteiger partial charge is 0.250 e. The van der Waals surface area contributed by atoms with Crippen LogP contribution in [0, 0.1) is 0 Å². The number of piperazine rings is 1. The van der Waals surface area contributed by atoms with E-state index in [1.54, 1.807) is 24.4 Å². The first-order valence-corrected chi connectivity index (χ1v) is 9.67. The van der Waals surface area contributed by atoms with Crippen molar-refractivity contribution in [2.24, 2.45) is 0 Å². The Bertz CT molecular complexity index is 844. The third kappa shape index (κ3) is 5.11. The normalized spacial score (nSPS) is 15.0. The Morgan fingerprint density at radius 3 is 2.63 bits per heavy atom. The topological polar surface area (TPSA) is 57.6 Å². The van der Waals surface area contributed by atoms with Crippen LogP contribution < -0.4 is 15.8 Å². The summed E-state index contributed by atoms with van der Waals surface area (Å²) in [6.07, 6.45) is 1.91. The number of hydrogen-bond donors (Lipinski definition) is 1. The fraction of sp³-hybridized carbons (Fsp3) is 0.400. The first-order valence-electron chi connectivity index (χ1n) is 9.29. The summed E-state index contributed by atoms with van der Waals surface area (Å²) < 4.78 is 1.53. The van der Waals surface area contributed by atoms with E-state index in [0.29, 0.717) is 11.6 Å². The van der Waals surface area contributed by atoms with Crippen molar-refractivity contribution in [2.45, 2.75) is 19.9 Å². The highest BCUT2D eigenvalue weighted by molar-refractivity contribution is 6.31. The summed E-state index contributed by atoms with van der Waals surface area (Å²) in [7, 11) is 0. The van der Waals surface area contributed by atoms with Gasteiger partial charge in [0, 0.05) is 56.4 Å². The Kier molecular flexibility index (Phi) is 6.53. The zero-order valence-corrected chi connectivity index (χ0v) is 16.3. The van der Waals surface area contributed by atoms with Gasteiger partial charge < -0.3 is 19.7 Å². The molecule has 1 aliphatic rings. The van der Waals surface area contributed by atoms with E-state index in [1.165, 1.54) is 10.6 Å². The van der Waals surface area contributed by atoms with Gasteiger partial charge in [0.1, 0.15) is 0 Å². The SMILES string of the molecule is CCN1CCN(c2ccc(Cl)cc2NC(=O)CCn2ccccc2=O)CC1. The van der Waals surface area contributed by atoms with E-state index in [4.69, 9.17) is 11.6 Å². The Morgan fingerprint density at radius 1 is 1.15 bits per heavy atom. The number of nitrogens with one attached hydrogen (secondary N) is 1. The van der Waals surface area contributed by atoms with Crippen LogP contribution in [0.3, 0.4) is 0 Å². The molecule has 0 saturated carbocycles. The Labute approximate surface area is 164 Å². The van der Waals surface area contributed by atoms with Crippen molar-refractivity contribution in [3.8, 4) is 0 Å². The zero-order valence-electron chi connectivity index (χ0n) is 15.5. The number of carbonyl (C=O) groups excluding carboxylic acids is 1. The maximum Gasteiger partial charge on any atom is 0.250 e. The van der Waals surface area contributed by atoms with E-state index in [9.17, 15) is 9.59 Å².